The average molecular weight is 199 g/mol. The van der Waals surface area contributed by atoms with Crippen LogP contribution in [0.15, 0.2) is 0 Å². The van der Waals surface area contributed by atoms with Crippen LogP contribution in [0.1, 0.15) is 26.7 Å². The fourth-order valence-corrected chi connectivity index (χ4v) is 1.40. The van der Waals surface area contributed by atoms with Crippen LogP contribution in [0.2, 0.25) is 0 Å². The first-order valence-electron chi connectivity index (χ1n) is 4.72. The Labute approximate surface area is 83.4 Å². The maximum Gasteiger partial charge on any atom is 0.222 e. The highest BCUT2D eigenvalue weighted by Gasteiger charge is 2.24. The predicted octanol–water partition coefficient (Wildman–Crippen LogP) is -0.881. The first-order chi connectivity index (χ1) is 6.37. The van der Waals surface area contributed by atoms with Crippen LogP contribution in [0.25, 0.3) is 0 Å². The van der Waals surface area contributed by atoms with E-state index in [1.807, 2.05) is 0 Å². The molecule has 1 fully saturated rings. The molecule has 0 aromatic carbocycles. The summed E-state index contributed by atoms with van der Waals surface area (Å²) in [4.78, 5) is 22.2. The standard InChI is InChI=1S/C9H17N3O2/c1-9(2,10)4-8(14)12-6-3-7(13)11-5-6/h6H,3-5,10H2,1-2H3,(H,11,13)(H,12,14). The Bertz CT molecular complexity index is 245. The molecule has 0 saturated carbocycles. The highest BCUT2D eigenvalue weighted by molar-refractivity contribution is 5.82. The zero-order valence-electron chi connectivity index (χ0n) is 8.59. The van der Waals surface area contributed by atoms with Gasteiger partial charge >= 0.3 is 0 Å². The molecule has 0 bridgehead atoms. The zero-order valence-corrected chi connectivity index (χ0v) is 8.59. The molecule has 0 aromatic rings. The molecule has 5 heteroatoms. The number of hydrogen-bond acceptors (Lipinski definition) is 3. The fraction of sp³-hybridized carbons (Fsp3) is 0.778. The van der Waals surface area contributed by atoms with Gasteiger partial charge in [-0.2, -0.15) is 0 Å². The lowest BCUT2D eigenvalue weighted by Crippen LogP contribution is -2.43. The molecular weight excluding hydrogens is 182 g/mol. The van der Waals surface area contributed by atoms with Crippen LogP contribution in [0.5, 0.6) is 0 Å². The van der Waals surface area contributed by atoms with Gasteiger partial charge < -0.3 is 16.4 Å². The molecule has 80 valence electrons. The Morgan fingerprint density at radius 1 is 1.71 bits per heavy atom. The molecule has 1 unspecified atom stereocenters. The van der Waals surface area contributed by atoms with Crippen molar-refractivity contribution < 1.29 is 9.59 Å². The van der Waals surface area contributed by atoms with Gasteiger partial charge in [0.25, 0.3) is 0 Å². The van der Waals surface area contributed by atoms with Gasteiger partial charge in [-0.05, 0) is 13.8 Å². The minimum Gasteiger partial charge on any atom is -0.354 e. The van der Waals surface area contributed by atoms with Crippen molar-refractivity contribution in [3.8, 4) is 0 Å². The summed E-state index contributed by atoms with van der Waals surface area (Å²) in [5, 5.41) is 5.42. The molecule has 2 amide bonds. The Morgan fingerprint density at radius 2 is 2.36 bits per heavy atom. The maximum absolute atomic E-state index is 11.4. The quantitative estimate of drug-likeness (QED) is 0.552. The van der Waals surface area contributed by atoms with Gasteiger partial charge in [-0.25, -0.2) is 0 Å². The summed E-state index contributed by atoms with van der Waals surface area (Å²) in [6.45, 7) is 4.12. The van der Waals surface area contributed by atoms with Crippen molar-refractivity contribution in [2.24, 2.45) is 5.73 Å². The van der Waals surface area contributed by atoms with E-state index in [0.717, 1.165) is 0 Å². The number of carbonyl (C=O) groups excluding carboxylic acids is 2. The number of nitrogens with two attached hydrogens (primary N) is 1. The Hall–Kier alpha value is -1.10. The van der Waals surface area contributed by atoms with Gasteiger partial charge in [-0.3, -0.25) is 9.59 Å². The summed E-state index contributed by atoms with van der Waals surface area (Å²) < 4.78 is 0. The smallest absolute Gasteiger partial charge is 0.222 e. The minimum absolute atomic E-state index is 0.0118. The molecule has 4 N–H and O–H groups in total. The van der Waals surface area contributed by atoms with Crippen molar-refractivity contribution in [3.05, 3.63) is 0 Å². The van der Waals surface area contributed by atoms with Gasteiger partial charge in [-0.1, -0.05) is 0 Å². The molecule has 5 nitrogen and oxygen atoms in total. The summed E-state index contributed by atoms with van der Waals surface area (Å²) in [6.07, 6.45) is 0.647. The molecule has 1 atom stereocenters. The SMILES string of the molecule is CC(C)(N)CC(=O)NC1CNC(=O)C1. The highest BCUT2D eigenvalue weighted by Crippen LogP contribution is 2.05. The molecule has 0 spiro atoms. The molecule has 0 radical (unpaired) electrons. The lowest BCUT2D eigenvalue weighted by molar-refractivity contribution is -0.122. The molecule has 1 heterocycles. The summed E-state index contributed by atoms with van der Waals surface area (Å²) in [7, 11) is 0. The van der Waals surface area contributed by atoms with Crippen LogP contribution < -0.4 is 16.4 Å². The van der Waals surface area contributed by atoms with Gasteiger partial charge in [0.05, 0.1) is 6.04 Å². The van der Waals surface area contributed by atoms with E-state index in [1.165, 1.54) is 0 Å². The third-order valence-electron chi connectivity index (χ3n) is 1.96. The molecule has 1 aliphatic rings. The third-order valence-corrected chi connectivity index (χ3v) is 1.96. The van der Waals surface area contributed by atoms with E-state index in [0.29, 0.717) is 13.0 Å². The Morgan fingerprint density at radius 3 is 2.79 bits per heavy atom. The molecule has 14 heavy (non-hydrogen) atoms. The monoisotopic (exact) mass is 199 g/mol. The van der Waals surface area contributed by atoms with Crippen molar-refractivity contribution in [3.63, 3.8) is 0 Å². The van der Waals surface area contributed by atoms with Gasteiger partial charge in [0.15, 0.2) is 0 Å². The second-order valence-corrected chi connectivity index (χ2v) is 4.44. The van der Waals surface area contributed by atoms with E-state index in [4.69, 9.17) is 5.73 Å². The van der Waals surface area contributed by atoms with E-state index in [2.05, 4.69) is 10.6 Å². The predicted molar refractivity (Wildman–Crippen MR) is 52.4 cm³/mol. The van der Waals surface area contributed by atoms with E-state index >= 15 is 0 Å². The molecule has 1 saturated heterocycles. The zero-order chi connectivity index (χ0) is 10.8. The van der Waals surface area contributed by atoms with Gasteiger partial charge in [0, 0.05) is 24.9 Å². The summed E-state index contributed by atoms with van der Waals surface area (Å²) >= 11 is 0. The number of amides is 2. The van der Waals surface area contributed by atoms with Crippen molar-refractivity contribution in [1.29, 1.82) is 0 Å². The molecule has 0 aromatic heterocycles. The average Bonchev–Trinajstić information content (AvgIpc) is 2.30. The van der Waals surface area contributed by atoms with E-state index in [-0.39, 0.29) is 24.3 Å². The van der Waals surface area contributed by atoms with Crippen LogP contribution >= 0.6 is 0 Å². The molecule has 1 rings (SSSR count). The van der Waals surface area contributed by atoms with Crippen LogP contribution in [0, 0.1) is 0 Å². The van der Waals surface area contributed by atoms with Crippen LogP contribution in [-0.2, 0) is 9.59 Å². The maximum atomic E-state index is 11.4. The first kappa shape index (κ1) is 11.0. The molecular formula is C9H17N3O2. The van der Waals surface area contributed by atoms with Crippen molar-refractivity contribution in [2.45, 2.75) is 38.3 Å². The minimum atomic E-state index is -0.500. The summed E-state index contributed by atoms with van der Waals surface area (Å²) in [5.41, 5.74) is 5.19. The second kappa shape index (κ2) is 3.96. The van der Waals surface area contributed by atoms with Gasteiger partial charge in [-0.15, -0.1) is 0 Å². The number of nitrogens with one attached hydrogen (secondary N) is 2. The number of hydrogen-bond donors (Lipinski definition) is 3. The third kappa shape index (κ3) is 3.74. The molecule has 1 aliphatic heterocycles. The topological polar surface area (TPSA) is 84.2 Å². The van der Waals surface area contributed by atoms with Crippen LogP contribution in [0.3, 0.4) is 0 Å². The second-order valence-electron chi connectivity index (χ2n) is 4.44. The Kier molecular flexibility index (Phi) is 3.10. The van der Waals surface area contributed by atoms with Gasteiger partial charge in [0.1, 0.15) is 0 Å². The largest absolute Gasteiger partial charge is 0.354 e. The Balaban J connectivity index is 2.31. The van der Waals surface area contributed by atoms with Crippen LogP contribution in [-0.4, -0.2) is 29.9 Å². The number of carbonyl (C=O) groups is 2. The van der Waals surface area contributed by atoms with Crippen LogP contribution in [0.4, 0.5) is 0 Å². The van der Waals surface area contributed by atoms with E-state index in [9.17, 15) is 9.59 Å². The normalized spacial score (nSPS) is 21.9. The molecule has 0 aliphatic carbocycles. The summed E-state index contributed by atoms with van der Waals surface area (Å²) in [6, 6.07) is -0.0719. The van der Waals surface area contributed by atoms with Crippen molar-refractivity contribution >= 4 is 11.8 Å². The summed E-state index contributed by atoms with van der Waals surface area (Å²) in [5.74, 6) is -0.110. The van der Waals surface area contributed by atoms with E-state index < -0.39 is 5.54 Å². The fourth-order valence-electron chi connectivity index (χ4n) is 1.40. The van der Waals surface area contributed by atoms with Crippen molar-refractivity contribution in [2.75, 3.05) is 6.54 Å². The van der Waals surface area contributed by atoms with Gasteiger partial charge in [0.2, 0.25) is 11.8 Å². The number of rotatable bonds is 3. The lowest BCUT2D eigenvalue weighted by Gasteiger charge is -2.19. The highest BCUT2D eigenvalue weighted by atomic mass is 16.2. The van der Waals surface area contributed by atoms with E-state index in [1.54, 1.807) is 13.8 Å². The van der Waals surface area contributed by atoms with Crippen molar-refractivity contribution in [1.82, 2.24) is 10.6 Å². The first-order valence-corrected chi connectivity index (χ1v) is 4.72. The lowest BCUT2D eigenvalue weighted by atomic mass is 10.0.